The maximum absolute atomic E-state index is 11.7. The molecule has 1 saturated heterocycles. The standard InChI is InChI=1S/C11H12N2O4/c14-10(8-4-2-6-17-8)13-9-5-1-3-7(12-9)11(15)16/h1,3,5,8H,2,4,6H2,(H,15,16)(H,12,13,14)/t8-/m1/s1. The Kier molecular flexibility index (Phi) is 3.34. The predicted molar refractivity (Wildman–Crippen MR) is 58.8 cm³/mol. The number of carboxylic acid groups (broad SMARTS) is 1. The number of aromatic carboxylic acids is 1. The Bertz CT molecular complexity index is 441. The molecule has 0 unspecified atom stereocenters. The summed E-state index contributed by atoms with van der Waals surface area (Å²) in [7, 11) is 0. The predicted octanol–water partition coefficient (Wildman–Crippen LogP) is 0.897. The number of pyridine rings is 1. The van der Waals surface area contributed by atoms with Gasteiger partial charge in [-0.2, -0.15) is 0 Å². The van der Waals surface area contributed by atoms with Crippen LogP contribution in [-0.4, -0.2) is 34.7 Å². The van der Waals surface area contributed by atoms with E-state index in [4.69, 9.17) is 9.84 Å². The van der Waals surface area contributed by atoms with Gasteiger partial charge in [0.05, 0.1) is 0 Å². The monoisotopic (exact) mass is 236 g/mol. The molecule has 0 aliphatic carbocycles. The highest BCUT2D eigenvalue weighted by atomic mass is 16.5. The third-order valence-corrected chi connectivity index (χ3v) is 2.44. The summed E-state index contributed by atoms with van der Waals surface area (Å²) in [5, 5.41) is 11.3. The van der Waals surface area contributed by atoms with Gasteiger partial charge in [-0.3, -0.25) is 4.79 Å². The Hall–Kier alpha value is -1.95. The van der Waals surface area contributed by atoms with Crippen LogP contribution in [0.4, 0.5) is 5.82 Å². The second-order valence-electron chi connectivity index (χ2n) is 3.70. The van der Waals surface area contributed by atoms with Gasteiger partial charge in [0.2, 0.25) is 0 Å². The van der Waals surface area contributed by atoms with Gasteiger partial charge in [0.15, 0.2) is 5.69 Å². The Morgan fingerprint density at radius 3 is 2.94 bits per heavy atom. The Morgan fingerprint density at radius 2 is 2.29 bits per heavy atom. The number of aromatic nitrogens is 1. The van der Waals surface area contributed by atoms with E-state index >= 15 is 0 Å². The zero-order chi connectivity index (χ0) is 12.3. The lowest BCUT2D eigenvalue weighted by Gasteiger charge is -2.09. The van der Waals surface area contributed by atoms with E-state index in [0.717, 1.165) is 6.42 Å². The Balaban J connectivity index is 2.05. The molecule has 1 aliphatic rings. The third-order valence-electron chi connectivity index (χ3n) is 2.44. The molecule has 0 aromatic carbocycles. The minimum atomic E-state index is -1.13. The largest absolute Gasteiger partial charge is 0.477 e. The fraction of sp³-hybridized carbons (Fsp3) is 0.364. The van der Waals surface area contributed by atoms with E-state index in [0.29, 0.717) is 13.0 Å². The second-order valence-corrected chi connectivity index (χ2v) is 3.70. The summed E-state index contributed by atoms with van der Waals surface area (Å²) in [5.41, 5.74) is -0.102. The number of carbonyl (C=O) groups excluding carboxylic acids is 1. The molecule has 0 saturated carbocycles. The van der Waals surface area contributed by atoms with Crippen LogP contribution in [0, 0.1) is 0 Å². The molecule has 2 rings (SSSR count). The summed E-state index contributed by atoms with van der Waals surface area (Å²) in [6.07, 6.45) is 1.09. The highest BCUT2D eigenvalue weighted by molar-refractivity contribution is 5.94. The van der Waals surface area contributed by atoms with Crippen molar-refractivity contribution in [2.45, 2.75) is 18.9 Å². The molecule has 6 heteroatoms. The van der Waals surface area contributed by atoms with E-state index in [9.17, 15) is 9.59 Å². The van der Waals surface area contributed by atoms with Crippen LogP contribution >= 0.6 is 0 Å². The molecule has 0 radical (unpaired) electrons. The first-order chi connectivity index (χ1) is 8.16. The quantitative estimate of drug-likeness (QED) is 0.813. The van der Waals surface area contributed by atoms with Crippen molar-refractivity contribution in [1.82, 2.24) is 4.98 Å². The number of rotatable bonds is 3. The van der Waals surface area contributed by atoms with Crippen LogP contribution in [-0.2, 0) is 9.53 Å². The third kappa shape index (κ3) is 2.79. The van der Waals surface area contributed by atoms with E-state index < -0.39 is 12.1 Å². The Labute approximate surface area is 97.6 Å². The van der Waals surface area contributed by atoms with Crippen LogP contribution in [0.15, 0.2) is 18.2 Å². The first-order valence-electron chi connectivity index (χ1n) is 5.29. The number of carboxylic acids is 1. The lowest BCUT2D eigenvalue weighted by atomic mass is 10.2. The molecule has 1 aromatic rings. The molecule has 90 valence electrons. The van der Waals surface area contributed by atoms with E-state index in [1.807, 2.05) is 0 Å². The van der Waals surface area contributed by atoms with Gasteiger partial charge in [-0.1, -0.05) is 6.07 Å². The SMILES string of the molecule is O=C(O)c1cccc(NC(=O)[C@H]2CCCO2)n1. The van der Waals surface area contributed by atoms with Crippen LogP contribution in [0.1, 0.15) is 23.3 Å². The number of amides is 1. The van der Waals surface area contributed by atoms with Crippen molar-refractivity contribution >= 4 is 17.7 Å². The lowest BCUT2D eigenvalue weighted by molar-refractivity contribution is -0.124. The number of nitrogens with one attached hydrogen (secondary N) is 1. The van der Waals surface area contributed by atoms with E-state index in [1.165, 1.54) is 12.1 Å². The molecule has 1 fully saturated rings. The van der Waals surface area contributed by atoms with Gasteiger partial charge in [-0.05, 0) is 25.0 Å². The van der Waals surface area contributed by atoms with Crippen molar-refractivity contribution in [2.24, 2.45) is 0 Å². The average Bonchev–Trinajstić information content (AvgIpc) is 2.82. The minimum absolute atomic E-state index is 0.102. The molecular formula is C11H12N2O4. The molecule has 6 nitrogen and oxygen atoms in total. The van der Waals surface area contributed by atoms with Crippen molar-refractivity contribution in [3.63, 3.8) is 0 Å². The normalized spacial score (nSPS) is 18.9. The second kappa shape index (κ2) is 4.92. The molecule has 0 spiro atoms. The number of hydrogen-bond acceptors (Lipinski definition) is 4. The molecule has 1 aliphatic heterocycles. The zero-order valence-electron chi connectivity index (χ0n) is 9.05. The fourth-order valence-corrected chi connectivity index (χ4v) is 1.61. The number of anilines is 1. The minimum Gasteiger partial charge on any atom is -0.477 e. The van der Waals surface area contributed by atoms with Gasteiger partial charge in [0, 0.05) is 6.61 Å². The highest BCUT2D eigenvalue weighted by Crippen LogP contribution is 2.14. The lowest BCUT2D eigenvalue weighted by Crippen LogP contribution is -2.27. The summed E-state index contributed by atoms with van der Waals surface area (Å²) in [5.74, 6) is -1.18. The van der Waals surface area contributed by atoms with Crippen LogP contribution in [0.5, 0.6) is 0 Å². The smallest absolute Gasteiger partial charge is 0.354 e. The van der Waals surface area contributed by atoms with Gasteiger partial charge < -0.3 is 15.2 Å². The first kappa shape index (κ1) is 11.5. The molecule has 2 heterocycles. The summed E-state index contributed by atoms with van der Waals surface area (Å²) in [6.45, 7) is 0.584. The summed E-state index contributed by atoms with van der Waals surface area (Å²) < 4.78 is 5.21. The average molecular weight is 236 g/mol. The molecule has 2 N–H and O–H groups in total. The number of ether oxygens (including phenoxy) is 1. The number of carbonyl (C=O) groups is 2. The van der Waals surface area contributed by atoms with E-state index in [1.54, 1.807) is 6.07 Å². The highest BCUT2D eigenvalue weighted by Gasteiger charge is 2.23. The molecular weight excluding hydrogens is 224 g/mol. The fourth-order valence-electron chi connectivity index (χ4n) is 1.61. The van der Waals surface area contributed by atoms with Crippen molar-refractivity contribution in [2.75, 3.05) is 11.9 Å². The molecule has 17 heavy (non-hydrogen) atoms. The van der Waals surface area contributed by atoms with E-state index in [-0.39, 0.29) is 17.4 Å². The van der Waals surface area contributed by atoms with Gasteiger partial charge in [-0.25, -0.2) is 9.78 Å². The van der Waals surface area contributed by atoms with Crippen molar-refractivity contribution in [3.8, 4) is 0 Å². The van der Waals surface area contributed by atoms with Crippen LogP contribution in [0.2, 0.25) is 0 Å². The van der Waals surface area contributed by atoms with Gasteiger partial charge in [-0.15, -0.1) is 0 Å². The molecule has 1 atom stereocenters. The Morgan fingerprint density at radius 1 is 1.47 bits per heavy atom. The topological polar surface area (TPSA) is 88.5 Å². The number of nitrogens with zero attached hydrogens (tertiary/aromatic N) is 1. The first-order valence-corrected chi connectivity index (χ1v) is 5.29. The van der Waals surface area contributed by atoms with Gasteiger partial charge in [0.25, 0.3) is 5.91 Å². The van der Waals surface area contributed by atoms with Crippen LogP contribution in [0.3, 0.4) is 0 Å². The summed E-state index contributed by atoms with van der Waals surface area (Å²) >= 11 is 0. The van der Waals surface area contributed by atoms with Crippen molar-refractivity contribution < 1.29 is 19.4 Å². The van der Waals surface area contributed by atoms with Crippen molar-refractivity contribution in [3.05, 3.63) is 23.9 Å². The maximum atomic E-state index is 11.7. The molecule has 0 bridgehead atoms. The molecule has 1 amide bonds. The zero-order valence-corrected chi connectivity index (χ0v) is 9.05. The van der Waals surface area contributed by atoms with Gasteiger partial charge >= 0.3 is 5.97 Å². The maximum Gasteiger partial charge on any atom is 0.354 e. The van der Waals surface area contributed by atoms with Crippen LogP contribution in [0.25, 0.3) is 0 Å². The summed E-state index contributed by atoms with van der Waals surface area (Å²) in [4.78, 5) is 26.2. The van der Waals surface area contributed by atoms with E-state index in [2.05, 4.69) is 10.3 Å². The van der Waals surface area contributed by atoms with Crippen molar-refractivity contribution in [1.29, 1.82) is 0 Å². The van der Waals surface area contributed by atoms with Gasteiger partial charge in [0.1, 0.15) is 11.9 Å². The molecule has 1 aromatic heterocycles. The number of hydrogen-bond donors (Lipinski definition) is 2. The van der Waals surface area contributed by atoms with Crippen LogP contribution < -0.4 is 5.32 Å². The summed E-state index contributed by atoms with van der Waals surface area (Å²) in [6, 6.07) is 4.44.